The van der Waals surface area contributed by atoms with E-state index in [-0.39, 0.29) is 17.2 Å². The molecule has 0 aliphatic carbocycles. The van der Waals surface area contributed by atoms with Crippen LogP contribution in [0.25, 0.3) is 0 Å². The van der Waals surface area contributed by atoms with Gasteiger partial charge >= 0.3 is 0 Å². The summed E-state index contributed by atoms with van der Waals surface area (Å²) in [6, 6.07) is 0.145. The fraction of sp³-hybridized carbons (Fsp3) is 1.00. The summed E-state index contributed by atoms with van der Waals surface area (Å²) in [4.78, 5) is 0. The zero-order valence-electron chi connectivity index (χ0n) is 10.5. The lowest BCUT2D eigenvalue weighted by molar-refractivity contribution is 0.378. The lowest BCUT2D eigenvalue weighted by Gasteiger charge is -2.18. The number of rotatable bonds is 5. The normalized spacial score (nSPS) is 22.6. The third kappa shape index (κ3) is 5.82. The molecule has 2 N–H and O–H groups in total. The topological polar surface area (TPSA) is 58.2 Å². The minimum atomic E-state index is -3.10. The number of hydrogen-bond acceptors (Lipinski definition) is 3. The van der Waals surface area contributed by atoms with Crippen LogP contribution in [-0.2, 0) is 10.0 Å². The Morgan fingerprint density at radius 3 is 2.56 bits per heavy atom. The minimum Gasteiger partial charge on any atom is -0.313 e. The predicted octanol–water partition coefficient (Wildman–Crippen LogP) is 1.09. The number of sulfonamides is 1. The van der Waals surface area contributed by atoms with E-state index in [1.165, 1.54) is 0 Å². The highest BCUT2D eigenvalue weighted by molar-refractivity contribution is 7.89. The van der Waals surface area contributed by atoms with Crippen LogP contribution in [0.1, 0.15) is 40.0 Å². The van der Waals surface area contributed by atoms with E-state index in [9.17, 15) is 8.42 Å². The van der Waals surface area contributed by atoms with Gasteiger partial charge in [-0.3, -0.25) is 0 Å². The van der Waals surface area contributed by atoms with Crippen molar-refractivity contribution < 1.29 is 8.42 Å². The maximum Gasteiger partial charge on any atom is 0.213 e. The minimum absolute atomic E-state index is 0.145. The Balaban J connectivity index is 2.28. The van der Waals surface area contributed by atoms with Crippen LogP contribution in [0.4, 0.5) is 0 Å². The van der Waals surface area contributed by atoms with Crippen molar-refractivity contribution in [2.45, 2.75) is 46.1 Å². The van der Waals surface area contributed by atoms with Crippen molar-refractivity contribution in [1.82, 2.24) is 10.0 Å². The van der Waals surface area contributed by atoms with Gasteiger partial charge in [-0.25, -0.2) is 13.1 Å². The van der Waals surface area contributed by atoms with E-state index < -0.39 is 10.0 Å². The number of hydrogen-bond donors (Lipinski definition) is 2. The van der Waals surface area contributed by atoms with Gasteiger partial charge in [0.05, 0.1) is 5.75 Å². The highest BCUT2D eigenvalue weighted by atomic mass is 32.2. The zero-order valence-corrected chi connectivity index (χ0v) is 11.4. The summed E-state index contributed by atoms with van der Waals surface area (Å²) in [5, 5.41) is 3.20. The Morgan fingerprint density at radius 2 is 2.06 bits per heavy atom. The van der Waals surface area contributed by atoms with E-state index in [2.05, 4.69) is 30.8 Å². The second-order valence-corrected chi connectivity index (χ2v) is 7.63. The van der Waals surface area contributed by atoms with Crippen LogP contribution in [0.2, 0.25) is 0 Å². The Labute approximate surface area is 99.2 Å². The lowest BCUT2D eigenvalue weighted by atomic mass is 9.93. The van der Waals surface area contributed by atoms with Crippen molar-refractivity contribution in [3.8, 4) is 0 Å². The highest BCUT2D eigenvalue weighted by Gasteiger charge is 2.22. The number of nitrogens with one attached hydrogen (secondary N) is 2. The average Bonchev–Trinajstić information content (AvgIpc) is 2.52. The first kappa shape index (κ1) is 13.9. The Kier molecular flexibility index (Phi) is 4.76. The van der Waals surface area contributed by atoms with Gasteiger partial charge in [0, 0.05) is 12.6 Å². The van der Waals surface area contributed by atoms with Crippen molar-refractivity contribution >= 4 is 10.0 Å². The molecular formula is C11H24N2O2S. The van der Waals surface area contributed by atoms with Crippen LogP contribution in [0.15, 0.2) is 0 Å². The molecule has 0 bridgehead atoms. The van der Waals surface area contributed by atoms with Crippen LogP contribution in [-0.4, -0.2) is 33.3 Å². The van der Waals surface area contributed by atoms with E-state index in [0.29, 0.717) is 6.54 Å². The molecule has 1 aliphatic heterocycles. The molecule has 1 aliphatic rings. The molecule has 0 radical (unpaired) electrons. The van der Waals surface area contributed by atoms with Gasteiger partial charge in [-0.05, 0) is 31.2 Å². The maximum absolute atomic E-state index is 11.7. The van der Waals surface area contributed by atoms with Crippen LogP contribution >= 0.6 is 0 Å². The molecule has 0 spiro atoms. The summed E-state index contributed by atoms with van der Waals surface area (Å²) in [5.41, 5.74) is 0.175. The van der Waals surface area contributed by atoms with Crippen molar-refractivity contribution in [3.63, 3.8) is 0 Å². The first-order valence-corrected chi connectivity index (χ1v) is 7.64. The summed E-state index contributed by atoms with van der Waals surface area (Å²) >= 11 is 0. The molecule has 0 saturated carbocycles. The summed E-state index contributed by atoms with van der Waals surface area (Å²) in [6.45, 7) is 7.82. The standard InChI is InChI=1S/C11H24N2O2S/c1-11(2,3)6-8-13-16(14,15)9-10-5-4-7-12-10/h10,12-13H,4-9H2,1-3H3. The van der Waals surface area contributed by atoms with Gasteiger partial charge in [0.25, 0.3) is 0 Å². The van der Waals surface area contributed by atoms with Crippen molar-refractivity contribution in [3.05, 3.63) is 0 Å². The van der Waals surface area contributed by atoms with E-state index in [0.717, 1.165) is 25.8 Å². The molecule has 5 heteroatoms. The summed E-state index contributed by atoms with van der Waals surface area (Å²) in [7, 11) is -3.10. The fourth-order valence-electron chi connectivity index (χ4n) is 1.80. The molecule has 1 fully saturated rings. The second kappa shape index (κ2) is 5.47. The largest absolute Gasteiger partial charge is 0.313 e. The Morgan fingerprint density at radius 1 is 1.38 bits per heavy atom. The third-order valence-electron chi connectivity index (χ3n) is 2.78. The van der Waals surface area contributed by atoms with Crippen molar-refractivity contribution in [2.75, 3.05) is 18.8 Å². The van der Waals surface area contributed by atoms with Crippen LogP contribution < -0.4 is 10.0 Å². The summed E-state index contributed by atoms with van der Waals surface area (Å²) < 4.78 is 26.1. The summed E-state index contributed by atoms with van der Waals surface area (Å²) in [5.74, 6) is 0.219. The van der Waals surface area contributed by atoms with Crippen LogP contribution in [0.3, 0.4) is 0 Å². The molecule has 1 heterocycles. The quantitative estimate of drug-likeness (QED) is 0.766. The molecule has 1 rings (SSSR count). The summed E-state index contributed by atoms with van der Waals surface area (Å²) in [6.07, 6.45) is 2.92. The SMILES string of the molecule is CC(C)(C)CCNS(=O)(=O)CC1CCCN1. The molecule has 0 aromatic heterocycles. The molecule has 0 aromatic rings. The zero-order chi connectivity index (χ0) is 12.2. The molecule has 0 aromatic carbocycles. The van der Waals surface area contributed by atoms with Crippen molar-refractivity contribution in [1.29, 1.82) is 0 Å². The van der Waals surface area contributed by atoms with Crippen molar-refractivity contribution in [2.24, 2.45) is 5.41 Å². The molecule has 96 valence electrons. The van der Waals surface area contributed by atoms with Gasteiger partial charge in [0.1, 0.15) is 0 Å². The Hall–Kier alpha value is -0.130. The van der Waals surface area contributed by atoms with Crippen LogP contribution in [0.5, 0.6) is 0 Å². The van der Waals surface area contributed by atoms with E-state index in [1.54, 1.807) is 0 Å². The van der Waals surface area contributed by atoms with Gasteiger partial charge in [0.2, 0.25) is 10.0 Å². The van der Waals surface area contributed by atoms with Gasteiger partial charge < -0.3 is 5.32 Å². The van der Waals surface area contributed by atoms with Gasteiger partial charge in [-0.2, -0.15) is 0 Å². The molecule has 1 saturated heterocycles. The maximum atomic E-state index is 11.7. The lowest BCUT2D eigenvalue weighted by Crippen LogP contribution is -2.37. The average molecular weight is 248 g/mol. The molecule has 1 unspecified atom stereocenters. The predicted molar refractivity (Wildman–Crippen MR) is 66.9 cm³/mol. The van der Waals surface area contributed by atoms with Gasteiger partial charge in [-0.15, -0.1) is 0 Å². The van der Waals surface area contributed by atoms with Gasteiger partial charge in [-0.1, -0.05) is 20.8 Å². The molecule has 4 nitrogen and oxygen atoms in total. The van der Waals surface area contributed by atoms with Crippen LogP contribution in [0, 0.1) is 5.41 Å². The molecule has 16 heavy (non-hydrogen) atoms. The van der Waals surface area contributed by atoms with Gasteiger partial charge in [0.15, 0.2) is 0 Å². The smallest absolute Gasteiger partial charge is 0.213 e. The second-order valence-electron chi connectivity index (χ2n) is 5.78. The van der Waals surface area contributed by atoms with E-state index in [4.69, 9.17) is 0 Å². The first-order valence-electron chi connectivity index (χ1n) is 5.99. The van der Waals surface area contributed by atoms with E-state index >= 15 is 0 Å². The molecular weight excluding hydrogens is 224 g/mol. The third-order valence-corrected chi connectivity index (χ3v) is 4.27. The molecule has 0 amide bonds. The van der Waals surface area contributed by atoms with E-state index in [1.807, 2.05) is 0 Å². The fourth-order valence-corrected chi connectivity index (χ4v) is 3.15. The monoisotopic (exact) mass is 248 g/mol. The molecule has 1 atom stereocenters. The first-order chi connectivity index (χ1) is 7.29. The highest BCUT2D eigenvalue weighted by Crippen LogP contribution is 2.17. The Bertz CT molecular complexity index is 300.